The summed E-state index contributed by atoms with van der Waals surface area (Å²) in [5, 5.41) is 2.98. The van der Waals surface area contributed by atoms with Crippen LogP contribution in [0.3, 0.4) is 0 Å². The molecule has 124 valence electrons. The first-order chi connectivity index (χ1) is 11.5. The van der Waals surface area contributed by atoms with Crippen molar-refractivity contribution in [2.75, 3.05) is 16.8 Å². The predicted molar refractivity (Wildman–Crippen MR) is 91.9 cm³/mol. The number of nitrogens with zero attached hydrogens (tertiary/aromatic N) is 1. The van der Waals surface area contributed by atoms with Crippen LogP contribution in [-0.2, 0) is 22.4 Å². The lowest BCUT2D eigenvalue weighted by atomic mass is 10.1. The molecule has 0 unspecified atom stereocenters. The first kappa shape index (κ1) is 16.5. The summed E-state index contributed by atoms with van der Waals surface area (Å²) < 4.78 is 13.7. The van der Waals surface area contributed by atoms with E-state index in [0.29, 0.717) is 12.2 Å². The van der Waals surface area contributed by atoms with Crippen molar-refractivity contribution in [3.8, 4) is 0 Å². The highest BCUT2D eigenvalue weighted by molar-refractivity contribution is 6.31. The Morgan fingerprint density at radius 1 is 1.29 bits per heavy atom. The fourth-order valence-electron chi connectivity index (χ4n) is 2.87. The molecular weight excluding hydrogens is 331 g/mol. The van der Waals surface area contributed by atoms with Gasteiger partial charge in [-0.15, -0.1) is 0 Å². The molecule has 1 aliphatic rings. The van der Waals surface area contributed by atoms with Crippen LogP contribution in [0.2, 0.25) is 5.02 Å². The summed E-state index contributed by atoms with van der Waals surface area (Å²) in [4.78, 5) is 25.4. The molecule has 4 nitrogen and oxygen atoms in total. The third kappa shape index (κ3) is 3.26. The summed E-state index contributed by atoms with van der Waals surface area (Å²) in [6.45, 7) is 2.18. The number of hydrogen-bond donors (Lipinski definition) is 1. The first-order valence-corrected chi connectivity index (χ1v) is 7.97. The Kier molecular flexibility index (Phi) is 4.53. The highest BCUT2D eigenvalue weighted by atomic mass is 35.5. The minimum Gasteiger partial charge on any atom is -0.326 e. The Morgan fingerprint density at radius 3 is 2.79 bits per heavy atom. The van der Waals surface area contributed by atoms with E-state index in [1.807, 2.05) is 12.1 Å². The molecule has 0 saturated heterocycles. The monoisotopic (exact) mass is 346 g/mol. The van der Waals surface area contributed by atoms with Crippen molar-refractivity contribution in [2.24, 2.45) is 0 Å². The molecule has 2 amide bonds. The summed E-state index contributed by atoms with van der Waals surface area (Å²) in [6.07, 6.45) is 0.611. The van der Waals surface area contributed by atoms with Crippen molar-refractivity contribution >= 4 is 34.8 Å². The zero-order valence-corrected chi connectivity index (χ0v) is 13.9. The zero-order chi connectivity index (χ0) is 17.3. The average molecular weight is 347 g/mol. The third-order valence-electron chi connectivity index (χ3n) is 4.04. The van der Waals surface area contributed by atoms with E-state index in [-0.39, 0.29) is 28.8 Å². The minimum absolute atomic E-state index is 0.000250. The molecule has 0 saturated carbocycles. The maximum Gasteiger partial charge on any atom is 0.228 e. The smallest absolute Gasteiger partial charge is 0.228 e. The molecule has 0 radical (unpaired) electrons. The molecule has 0 atom stereocenters. The number of halogens is 2. The van der Waals surface area contributed by atoms with Crippen LogP contribution in [-0.4, -0.2) is 18.4 Å². The Bertz CT molecular complexity index is 802. The van der Waals surface area contributed by atoms with Gasteiger partial charge in [-0.25, -0.2) is 4.39 Å². The fourth-order valence-corrected chi connectivity index (χ4v) is 3.10. The lowest BCUT2D eigenvalue weighted by Gasteiger charge is -2.15. The van der Waals surface area contributed by atoms with Gasteiger partial charge in [-0.05, 0) is 42.3 Å². The molecule has 0 aliphatic carbocycles. The molecule has 1 heterocycles. The van der Waals surface area contributed by atoms with Gasteiger partial charge in [-0.1, -0.05) is 17.7 Å². The van der Waals surface area contributed by atoms with E-state index in [0.717, 1.165) is 17.7 Å². The third-order valence-corrected chi connectivity index (χ3v) is 4.39. The van der Waals surface area contributed by atoms with Gasteiger partial charge in [0.25, 0.3) is 0 Å². The number of fused-ring (bicyclic) bond motifs is 1. The van der Waals surface area contributed by atoms with Crippen LogP contribution in [0.15, 0.2) is 36.4 Å². The Labute approximate surface area is 144 Å². The normalized spacial score (nSPS) is 12.9. The first-order valence-electron chi connectivity index (χ1n) is 7.59. The van der Waals surface area contributed by atoms with E-state index in [1.165, 1.54) is 19.1 Å². The van der Waals surface area contributed by atoms with Gasteiger partial charge >= 0.3 is 0 Å². The maximum absolute atomic E-state index is 13.7. The number of hydrogen-bond acceptors (Lipinski definition) is 2. The zero-order valence-electron chi connectivity index (χ0n) is 13.1. The van der Waals surface area contributed by atoms with E-state index in [1.54, 1.807) is 17.0 Å². The number of amides is 2. The van der Waals surface area contributed by atoms with Gasteiger partial charge in [-0.3, -0.25) is 9.59 Å². The van der Waals surface area contributed by atoms with Crippen molar-refractivity contribution in [1.29, 1.82) is 0 Å². The summed E-state index contributed by atoms with van der Waals surface area (Å²) in [5.74, 6) is -0.841. The average Bonchev–Trinajstić information content (AvgIpc) is 2.94. The molecule has 0 aromatic heterocycles. The van der Waals surface area contributed by atoms with E-state index in [2.05, 4.69) is 5.32 Å². The van der Waals surface area contributed by atoms with Crippen molar-refractivity contribution in [1.82, 2.24) is 0 Å². The standard InChI is InChI=1S/C18H16ClFN2O2/c1-11(23)22-8-7-12-9-13(5-6-17(12)22)21-18(24)10-14-15(19)3-2-4-16(14)20/h2-6,9H,7-8,10H2,1H3,(H,21,24). The highest BCUT2D eigenvalue weighted by Gasteiger charge is 2.22. The van der Waals surface area contributed by atoms with E-state index < -0.39 is 5.82 Å². The minimum atomic E-state index is -0.497. The van der Waals surface area contributed by atoms with E-state index in [9.17, 15) is 14.0 Å². The SMILES string of the molecule is CC(=O)N1CCc2cc(NC(=O)Cc3c(F)cccc3Cl)ccc21. The number of carbonyl (C=O) groups is 2. The second-order valence-electron chi connectivity index (χ2n) is 5.69. The van der Waals surface area contributed by atoms with Crippen LogP contribution in [0.5, 0.6) is 0 Å². The lowest BCUT2D eigenvalue weighted by Crippen LogP contribution is -2.25. The lowest BCUT2D eigenvalue weighted by molar-refractivity contribution is -0.117. The van der Waals surface area contributed by atoms with Crippen LogP contribution in [0.25, 0.3) is 0 Å². The van der Waals surface area contributed by atoms with Crippen molar-refractivity contribution in [2.45, 2.75) is 19.8 Å². The number of carbonyl (C=O) groups excluding carboxylic acids is 2. The van der Waals surface area contributed by atoms with Gasteiger partial charge in [0.15, 0.2) is 0 Å². The second kappa shape index (κ2) is 6.61. The molecule has 0 spiro atoms. The van der Waals surface area contributed by atoms with Crippen LogP contribution in [0.1, 0.15) is 18.1 Å². The summed E-state index contributed by atoms with van der Waals surface area (Å²) in [7, 11) is 0. The molecule has 1 N–H and O–H groups in total. The van der Waals surface area contributed by atoms with Gasteiger partial charge in [-0.2, -0.15) is 0 Å². The van der Waals surface area contributed by atoms with Crippen LogP contribution >= 0.6 is 11.6 Å². The number of benzene rings is 2. The molecular formula is C18H16ClFN2O2. The van der Waals surface area contributed by atoms with Gasteiger partial charge in [0.2, 0.25) is 11.8 Å². The van der Waals surface area contributed by atoms with Gasteiger partial charge in [0.1, 0.15) is 5.82 Å². The Balaban J connectivity index is 1.73. The summed E-state index contributed by atoms with van der Waals surface area (Å²) >= 11 is 5.94. The molecule has 0 bridgehead atoms. The molecule has 1 aliphatic heterocycles. The highest BCUT2D eigenvalue weighted by Crippen LogP contribution is 2.30. The molecule has 6 heteroatoms. The second-order valence-corrected chi connectivity index (χ2v) is 6.10. The largest absolute Gasteiger partial charge is 0.326 e. The van der Waals surface area contributed by atoms with Crippen LogP contribution in [0.4, 0.5) is 15.8 Å². The number of rotatable bonds is 3. The number of anilines is 2. The van der Waals surface area contributed by atoms with Gasteiger partial charge < -0.3 is 10.2 Å². The quantitative estimate of drug-likeness (QED) is 0.923. The van der Waals surface area contributed by atoms with Gasteiger partial charge in [0.05, 0.1) is 6.42 Å². The molecule has 0 fully saturated rings. The Morgan fingerprint density at radius 2 is 2.08 bits per heavy atom. The molecule has 2 aromatic carbocycles. The van der Waals surface area contributed by atoms with Crippen molar-refractivity contribution in [3.05, 3.63) is 58.4 Å². The van der Waals surface area contributed by atoms with E-state index >= 15 is 0 Å². The molecule has 24 heavy (non-hydrogen) atoms. The van der Waals surface area contributed by atoms with Gasteiger partial charge in [0, 0.05) is 35.4 Å². The summed E-state index contributed by atoms with van der Waals surface area (Å²) in [6, 6.07) is 9.73. The predicted octanol–water partition coefficient (Wildman–Crippen LogP) is 3.57. The van der Waals surface area contributed by atoms with Crippen LogP contribution < -0.4 is 10.2 Å². The Hall–Kier alpha value is -2.40. The maximum atomic E-state index is 13.7. The molecule has 3 rings (SSSR count). The summed E-state index contributed by atoms with van der Waals surface area (Å²) in [5.41, 5.74) is 2.68. The van der Waals surface area contributed by atoms with Crippen LogP contribution in [0, 0.1) is 5.82 Å². The van der Waals surface area contributed by atoms with Crippen molar-refractivity contribution in [3.63, 3.8) is 0 Å². The van der Waals surface area contributed by atoms with E-state index in [4.69, 9.17) is 11.6 Å². The topological polar surface area (TPSA) is 49.4 Å². The fraction of sp³-hybridized carbons (Fsp3) is 0.222. The number of nitrogens with one attached hydrogen (secondary N) is 1. The van der Waals surface area contributed by atoms with Crippen molar-refractivity contribution < 1.29 is 14.0 Å². The molecule has 2 aromatic rings.